The third-order valence-electron chi connectivity index (χ3n) is 13.0. The summed E-state index contributed by atoms with van der Waals surface area (Å²) in [4.78, 5) is 0. The molecule has 56 heavy (non-hydrogen) atoms. The van der Waals surface area contributed by atoms with E-state index in [1.165, 1.54) is 105 Å². The van der Waals surface area contributed by atoms with E-state index in [1.54, 1.807) is 0 Å². The molecule has 0 atom stereocenters. The Morgan fingerprint density at radius 2 is 0.857 bits per heavy atom. The maximum atomic E-state index is 6.75. The Hall–Kier alpha value is -5.66. The molecule has 0 aliphatic carbocycles. The van der Waals surface area contributed by atoms with Crippen LogP contribution in [0.5, 0.6) is 0 Å². The zero-order chi connectivity index (χ0) is 38.8. The molecule has 0 saturated carbocycles. The molecular weight excluding hydrogens is 667 g/mol. The molecule has 0 spiro atoms. The van der Waals surface area contributed by atoms with E-state index in [9.17, 15) is 0 Å². The average molecular weight is 707 g/mol. The Morgan fingerprint density at radius 3 is 1.43 bits per heavy atom. The first-order valence-electron chi connectivity index (χ1n) is 19.9. The van der Waals surface area contributed by atoms with E-state index in [0.29, 0.717) is 0 Å². The van der Waals surface area contributed by atoms with E-state index >= 15 is 0 Å². The Kier molecular flexibility index (Phi) is 9.08. The lowest BCUT2D eigenvalue weighted by Gasteiger charge is -2.34. The molecular formula is C47H40B8O. The van der Waals surface area contributed by atoms with Crippen LogP contribution in [0.2, 0.25) is 0 Å². The highest BCUT2D eigenvalue weighted by molar-refractivity contribution is 6.62. The van der Waals surface area contributed by atoms with Gasteiger partial charge in [0.2, 0.25) is 0 Å². The Bertz CT molecular complexity index is 2850. The zero-order valence-electron chi connectivity index (χ0n) is 33.8. The minimum Gasteiger partial charge on any atom is -0.455 e. The molecule has 9 rings (SSSR count). The maximum Gasteiger partial charge on any atom is 0.143 e. The predicted molar refractivity (Wildman–Crippen MR) is 267 cm³/mol. The third-order valence-corrected chi connectivity index (χ3v) is 13.0. The number of furan rings is 1. The van der Waals surface area contributed by atoms with Crippen molar-refractivity contribution in [1.82, 2.24) is 0 Å². The summed E-state index contributed by atoms with van der Waals surface area (Å²) < 4.78 is 6.75. The van der Waals surface area contributed by atoms with Crippen LogP contribution < -0.4 is 43.7 Å². The fourth-order valence-electron chi connectivity index (χ4n) is 9.85. The molecule has 258 valence electrons. The van der Waals surface area contributed by atoms with Crippen LogP contribution in [-0.4, -0.2) is 62.8 Å². The van der Waals surface area contributed by atoms with Crippen LogP contribution >= 0.6 is 0 Å². The van der Waals surface area contributed by atoms with E-state index in [0.717, 1.165) is 21.9 Å². The van der Waals surface area contributed by atoms with Gasteiger partial charge in [-0.3, -0.25) is 0 Å². The highest BCUT2D eigenvalue weighted by Gasteiger charge is 2.31. The van der Waals surface area contributed by atoms with Gasteiger partial charge in [0, 0.05) is 22.1 Å². The molecule has 9 heteroatoms. The van der Waals surface area contributed by atoms with Crippen LogP contribution in [0.4, 0.5) is 0 Å². The summed E-state index contributed by atoms with van der Waals surface area (Å²) in [7, 11) is 18.7. The van der Waals surface area contributed by atoms with Crippen LogP contribution in [-0.2, 0) is 0 Å². The van der Waals surface area contributed by atoms with Crippen molar-refractivity contribution in [2.75, 3.05) is 0 Å². The van der Waals surface area contributed by atoms with Crippen LogP contribution in [0.3, 0.4) is 0 Å². The third kappa shape index (κ3) is 5.58. The normalized spacial score (nSPS) is 11.6. The molecule has 1 nitrogen and oxygen atoms in total. The standard InChI is InChI=1S/C47H40B8O/c48-39-33(25-13-3-1-4-14-25)40(49)44(53)37(43(39)52)36(38-45(54)41(50)34(42(51)46(38)55)26-15-5-2-6-16-26)30-19-10-9-18-28(30)29-20-11-21-32-35(29)31-23-22-24-12-7-8-17-27(24)47(31)56-32/h1-23,36H,48-55H2. The monoisotopic (exact) mass is 708 g/mol. The number of hydrogen-bond donors (Lipinski definition) is 0. The Labute approximate surface area is 337 Å². The van der Waals surface area contributed by atoms with Gasteiger partial charge in [-0.2, -0.15) is 0 Å². The van der Waals surface area contributed by atoms with Gasteiger partial charge in [-0.1, -0.05) is 171 Å². The molecule has 0 aliphatic heterocycles. The molecule has 0 unspecified atom stereocenters. The van der Waals surface area contributed by atoms with Crippen molar-refractivity contribution in [2.45, 2.75) is 5.92 Å². The smallest absolute Gasteiger partial charge is 0.143 e. The van der Waals surface area contributed by atoms with Gasteiger partial charge in [-0.15, -0.1) is 0 Å². The topological polar surface area (TPSA) is 13.1 Å². The van der Waals surface area contributed by atoms with E-state index in [-0.39, 0.29) is 5.92 Å². The van der Waals surface area contributed by atoms with Gasteiger partial charge in [0.05, 0.1) is 0 Å². The number of benzene rings is 8. The lowest BCUT2D eigenvalue weighted by Crippen LogP contribution is -2.51. The minimum absolute atomic E-state index is 0.0232. The highest BCUT2D eigenvalue weighted by atomic mass is 16.3. The lowest BCUT2D eigenvalue weighted by atomic mass is 9.56. The van der Waals surface area contributed by atoms with Gasteiger partial charge in [-0.25, -0.2) is 0 Å². The van der Waals surface area contributed by atoms with Crippen molar-refractivity contribution < 1.29 is 4.42 Å². The van der Waals surface area contributed by atoms with Crippen molar-refractivity contribution >= 4 is 139 Å². The van der Waals surface area contributed by atoms with E-state index in [2.05, 4.69) is 202 Å². The molecule has 0 N–H and O–H groups in total. The second-order valence-electron chi connectivity index (χ2n) is 15.8. The number of fused-ring (bicyclic) bond motifs is 5. The van der Waals surface area contributed by atoms with Crippen molar-refractivity contribution in [3.05, 3.63) is 156 Å². The summed E-state index contributed by atoms with van der Waals surface area (Å²) in [5.74, 6) is -0.0232. The summed E-state index contributed by atoms with van der Waals surface area (Å²) in [6.07, 6.45) is 0. The highest BCUT2D eigenvalue weighted by Crippen LogP contribution is 2.43. The van der Waals surface area contributed by atoms with Gasteiger partial charge in [0.1, 0.15) is 73.9 Å². The summed E-state index contributed by atoms with van der Waals surface area (Å²) >= 11 is 0. The quantitative estimate of drug-likeness (QED) is 0.160. The van der Waals surface area contributed by atoms with Crippen molar-refractivity contribution in [2.24, 2.45) is 0 Å². The molecule has 1 aromatic heterocycles. The zero-order valence-corrected chi connectivity index (χ0v) is 33.8. The molecule has 0 bridgehead atoms. The van der Waals surface area contributed by atoms with E-state index in [4.69, 9.17) is 4.42 Å². The van der Waals surface area contributed by atoms with Crippen molar-refractivity contribution in [3.8, 4) is 33.4 Å². The summed E-state index contributed by atoms with van der Waals surface area (Å²) in [6, 6.07) is 50.6. The number of hydrogen-bond acceptors (Lipinski definition) is 1. The summed E-state index contributed by atoms with van der Waals surface area (Å²) in [5, 5.41) is 4.65. The first-order valence-corrected chi connectivity index (χ1v) is 19.9. The van der Waals surface area contributed by atoms with Crippen LogP contribution in [0, 0.1) is 0 Å². The SMILES string of the molecule is Bc1c(B)c(C(c2ccccc2-c2cccc3oc4c5ccccc5ccc4c23)c2c(B)c(B)c(-c3ccccc3)c(B)c2B)c(B)c(B)c1-c1ccccc1. The average Bonchev–Trinajstić information content (AvgIpc) is 3.62. The van der Waals surface area contributed by atoms with Crippen LogP contribution in [0.15, 0.2) is 144 Å². The second kappa shape index (κ2) is 14.1. The fraction of sp³-hybridized carbons (Fsp3) is 0.0213. The molecule has 0 saturated heterocycles. The van der Waals surface area contributed by atoms with Crippen LogP contribution in [0.1, 0.15) is 22.6 Å². The second-order valence-corrected chi connectivity index (χ2v) is 15.8. The van der Waals surface area contributed by atoms with Gasteiger partial charge < -0.3 is 4.42 Å². The van der Waals surface area contributed by atoms with E-state index in [1.807, 2.05) is 0 Å². The Morgan fingerprint density at radius 1 is 0.375 bits per heavy atom. The fourth-order valence-corrected chi connectivity index (χ4v) is 9.85. The maximum absolute atomic E-state index is 6.75. The first kappa shape index (κ1) is 36.0. The minimum atomic E-state index is -0.0232. The van der Waals surface area contributed by atoms with Crippen molar-refractivity contribution in [1.29, 1.82) is 0 Å². The predicted octanol–water partition coefficient (Wildman–Crippen LogP) is -1.01. The largest absolute Gasteiger partial charge is 0.455 e. The molecule has 8 aromatic carbocycles. The molecule has 0 aliphatic rings. The first-order chi connectivity index (χ1) is 27.2. The summed E-state index contributed by atoms with van der Waals surface area (Å²) in [5.41, 5.74) is 24.4. The van der Waals surface area contributed by atoms with Gasteiger partial charge in [0.15, 0.2) is 0 Å². The molecule has 9 aromatic rings. The van der Waals surface area contributed by atoms with Gasteiger partial charge in [0.25, 0.3) is 0 Å². The lowest BCUT2D eigenvalue weighted by molar-refractivity contribution is 0.673. The number of rotatable bonds is 6. The Balaban J connectivity index is 1.38. The summed E-state index contributed by atoms with van der Waals surface area (Å²) in [6.45, 7) is 0. The van der Waals surface area contributed by atoms with Gasteiger partial charge in [-0.05, 0) is 67.6 Å². The molecule has 0 amide bonds. The molecule has 0 radical (unpaired) electrons. The van der Waals surface area contributed by atoms with Crippen LogP contribution in [0.25, 0.3) is 66.1 Å². The molecule has 1 heterocycles. The van der Waals surface area contributed by atoms with Gasteiger partial charge >= 0.3 is 0 Å². The van der Waals surface area contributed by atoms with E-state index < -0.39 is 0 Å². The van der Waals surface area contributed by atoms with Crippen molar-refractivity contribution in [3.63, 3.8) is 0 Å². The molecule has 0 fully saturated rings.